The highest BCUT2D eigenvalue weighted by molar-refractivity contribution is 6.03. The van der Waals surface area contributed by atoms with Crippen LogP contribution in [0.1, 0.15) is 211 Å². The van der Waals surface area contributed by atoms with Crippen LogP contribution in [0, 0.1) is 0 Å². The summed E-state index contributed by atoms with van der Waals surface area (Å²) in [7, 11) is 0. The predicted octanol–water partition coefficient (Wildman–Crippen LogP) is 18.1. The van der Waals surface area contributed by atoms with E-state index in [-0.39, 0.29) is 24.3 Å². The first kappa shape index (κ1) is 58.9. The minimum atomic E-state index is -0.551. The van der Waals surface area contributed by atoms with Crippen LogP contribution in [0.5, 0.6) is 11.5 Å². The minimum absolute atomic E-state index is 0.193. The summed E-state index contributed by atoms with van der Waals surface area (Å²) in [6, 6.07) is 39.5. The van der Waals surface area contributed by atoms with Gasteiger partial charge in [0, 0.05) is 12.4 Å². The molecular formula is C66H88N2O6. The molecule has 0 amide bonds. The minimum Gasteiger partial charge on any atom is -0.494 e. The number of rotatable bonds is 40. The van der Waals surface area contributed by atoms with Crippen LogP contribution in [0.25, 0.3) is 0 Å². The zero-order chi connectivity index (χ0) is 51.9. The number of ether oxygens (including phenoxy) is 4. The second-order valence-corrected chi connectivity index (χ2v) is 19.8. The van der Waals surface area contributed by atoms with Gasteiger partial charge in [0.25, 0.3) is 0 Å². The van der Waals surface area contributed by atoms with E-state index in [9.17, 15) is 9.59 Å². The van der Waals surface area contributed by atoms with Crippen LogP contribution in [0.2, 0.25) is 0 Å². The number of hydrogen-bond acceptors (Lipinski definition) is 8. The van der Waals surface area contributed by atoms with Crippen molar-refractivity contribution in [2.45, 2.75) is 181 Å². The molecule has 0 N–H and O–H groups in total. The topological polar surface area (TPSA) is 95.8 Å². The number of aliphatic imine (C=N–C) groups is 2. The standard InChI is InChI=1S/C66H88N2O6/c1-3-5-7-9-11-13-15-17-19-21-29-55-33-41-59(42-34-55)67-53-57-37-45-61(46-38-57)71-49-25-27-51-73-65(69)63-31-23-24-32-64(63)66(70)74-52-28-26-50-72-62-47-39-58(40-48-62)54-68-60-43-35-56(36-44-60)30-22-20-18-16-14-12-10-8-6-4-2/h23-24,31-48,53-54H,3-22,25-30,49-52H2,1-2H3. The average Bonchev–Trinajstić information content (AvgIpc) is 3.43. The second-order valence-electron chi connectivity index (χ2n) is 19.8. The Bertz CT molecular complexity index is 2140. The van der Waals surface area contributed by atoms with Gasteiger partial charge < -0.3 is 18.9 Å². The highest BCUT2D eigenvalue weighted by atomic mass is 16.5. The quantitative estimate of drug-likeness (QED) is 0.0220. The van der Waals surface area contributed by atoms with E-state index in [2.05, 4.69) is 72.4 Å². The number of nitrogens with zero attached hydrogens (tertiary/aromatic N) is 2. The molecule has 5 aromatic rings. The molecule has 74 heavy (non-hydrogen) atoms. The number of carbonyl (C=O) groups excluding carboxylic acids is 2. The van der Waals surface area contributed by atoms with Crippen molar-refractivity contribution < 1.29 is 28.5 Å². The third-order valence-electron chi connectivity index (χ3n) is 13.4. The van der Waals surface area contributed by atoms with Crippen LogP contribution < -0.4 is 9.47 Å². The van der Waals surface area contributed by atoms with Crippen LogP contribution in [-0.2, 0) is 22.3 Å². The van der Waals surface area contributed by atoms with Gasteiger partial charge in [-0.1, -0.05) is 166 Å². The Morgan fingerprint density at radius 3 is 1.04 bits per heavy atom. The maximum atomic E-state index is 13.0. The molecule has 0 heterocycles. The van der Waals surface area contributed by atoms with Crippen molar-refractivity contribution in [3.63, 3.8) is 0 Å². The van der Waals surface area contributed by atoms with Crippen molar-refractivity contribution in [2.75, 3.05) is 26.4 Å². The Balaban J connectivity index is 0.873. The van der Waals surface area contributed by atoms with E-state index in [0.717, 1.165) is 46.8 Å². The van der Waals surface area contributed by atoms with Crippen molar-refractivity contribution in [1.29, 1.82) is 0 Å². The van der Waals surface area contributed by atoms with Crippen molar-refractivity contribution in [1.82, 2.24) is 0 Å². The van der Waals surface area contributed by atoms with Crippen LogP contribution in [0.4, 0.5) is 11.4 Å². The van der Waals surface area contributed by atoms with Gasteiger partial charge in [-0.2, -0.15) is 0 Å². The molecule has 0 saturated carbocycles. The third kappa shape index (κ3) is 25.3. The van der Waals surface area contributed by atoms with E-state index in [1.54, 1.807) is 24.3 Å². The zero-order valence-electron chi connectivity index (χ0n) is 45.3. The Morgan fingerprint density at radius 2 is 0.689 bits per heavy atom. The van der Waals surface area contributed by atoms with Gasteiger partial charge in [-0.25, -0.2) is 9.59 Å². The number of aryl methyl sites for hydroxylation is 2. The van der Waals surface area contributed by atoms with Crippen molar-refractivity contribution >= 4 is 35.7 Å². The highest BCUT2D eigenvalue weighted by Gasteiger charge is 2.19. The fraction of sp³-hybridized carbons (Fsp3) is 0.485. The first-order valence-corrected chi connectivity index (χ1v) is 28.7. The predicted molar refractivity (Wildman–Crippen MR) is 308 cm³/mol. The van der Waals surface area contributed by atoms with Crippen molar-refractivity contribution in [3.8, 4) is 11.5 Å². The lowest BCUT2D eigenvalue weighted by atomic mass is 10.0. The largest absolute Gasteiger partial charge is 0.494 e. The number of benzene rings is 5. The zero-order valence-corrected chi connectivity index (χ0v) is 45.3. The molecular weight excluding hydrogens is 917 g/mol. The number of carbonyl (C=O) groups is 2. The van der Waals surface area contributed by atoms with E-state index in [1.165, 1.54) is 140 Å². The summed E-state index contributed by atoms with van der Waals surface area (Å²) >= 11 is 0. The van der Waals surface area contributed by atoms with Gasteiger partial charge >= 0.3 is 11.9 Å². The van der Waals surface area contributed by atoms with E-state index in [4.69, 9.17) is 18.9 Å². The number of unbranched alkanes of at least 4 members (excludes halogenated alkanes) is 20. The SMILES string of the molecule is CCCCCCCCCCCCc1ccc(N=Cc2ccc(OCCCCOC(=O)c3ccccc3C(=O)OCCCCOc3ccc(C=Nc4ccc(CCCCCCCCCCCC)cc4)cc3)cc2)cc1. The first-order chi connectivity index (χ1) is 36.5. The summed E-state index contributed by atoms with van der Waals surface area (Å²) in [5.41, 5.74) is 7.03. The average molecular weight is 1010 g/mol. The third-order valence-corrected chi connectivity index (χ3v) is 13.4. The summed E-state index contributed by atoms with van der Waals surface area (Å²) in [6.07, 6.45) is 35.8. The molecule has 8 heteroatoms. The van der Waals surface area contributed by atoms with Gasteiger partial charge in [-0.3, -0.25) is 9.98 Å². The molecule has 0 radical (unpaired) electrons. The summed E-state index contributed by atoms with van der Waals surface area (Å²) < 4.78 is 22.9. The fourth-order valence-corrected chi connectivity index (χ4v) is 8.84. The summed E-state index contributed by atoms with van der Waals surface area (Å²) in [5, 5.41) is 0. The molecule has 0 aromatic heterocycles. The van der Waals surface area contributed by atoms with Gasteiger partial charge in [-0.15, -0.1) is 0 Å². The van der Waals surface area contributed by atoms with Crippen LogP contribution in [0.3, 0.4) is 0 Å². The highest BCUT2D eigenvalue weighted by Crippen LogP contribution is 2.21. The molecule has 0 spiro atoms. The van der Waals surface area contributed by atoms with E-state index < -0.39 is 11.9 Å². The lowest BCUT2D eigenvalue weighted by Crippen LogP contribution is -2.15. The molecule has 0 fully saturated rings. The molecule has 0 bridgehead atoms. The molecule has 0 aliphatic rings. The Kier molecular flexibility index (Phi) is 30.0. The van der Waals surface area contributed by atoms with E-state index >= 15 is 0 Å². The number of hydrogen-bond donors (Lipinski definition) is 0. The lowest BCUT2D eigenvalue weighted by molar-refractivity contribution is 0.0447. The van der Waals surface area contributed by atoms with E-state index in [0.29, 0.717) is 38.9 Å². The summed E-state index contributed by atoms with van der Waals surface area (Å²) in [4.78, 5) is 35.3. The monoisotopic (exact) mass is 1000 g/mol. The normalized spacial score (nSPS) is 11.4. The Labute approximate surface area is 445 Å². The molecule has 0 saturated heterocycles. The molecule has 0 unspecified atom stereocenters. The first-order valence-electron chi connectivity index (χ1n) is 28.7. The molecule has 5 aromatic carbocycles. The Hall–Kier alpha value is -6.02. The summed E-state index contributed by atoms with van der Waals surface area (Å²) in [6.45, 7) is 5.95. The number of esters is 2. The molecule has 0 aliphatic heterocycles. The van der Waals surface area contributed by atoms with E-state index in [1.807, 2.05) is 61.0 Å². The maximum Gasteiger partial charge on any atom is 0.339 e. The molecule has 0 aliphatic carbocycles. The second kappa shape index (κ2) is 37.7. The molecule has 0 atom stereocenters. The molecule has 398 valence electrons. The van der Waals surface area contributed by atoms with Gasteiger partial charge in [0.1, 0.15) is 11.5 Å². The van der Waals surface area contributed by atoms with Crippen molar-refractivity contribution in [2.24, 2.45) is 9.98 Å². The molecule has 8 nitrogen and oxygen atoms in total. The lowest BCUT2D eigenvalue weighted by Gasteiger charge is -2.10. The Morgan fingerprint density at radius 1 is 0.365 bits per heavy atom. The van der Waals surface area contributed by atoms with Crippen LogP contribution in [-0.4, -0.2) is 50.8 Å². The van der Waals surface area contributed by atoms with Crippen molar-refractivity contribution in [3.05, 3.63) is 155 Å². The smallest absolute Gasteiger partial charge is 0.339 e. The fourth-order valence-electron chi connectivity index (χ4n) is 8.84. The van der Waals surface area contributed by atoms with Gasteiger partial charge in [0.05, 0.1) is 48.9 Å². The van der Waals surface area contributed by atoms with Crippen LogP contribution >= 0.6 is 0 Å². The van der Waals surface area contributed by atoms with Crippen LogP contribution in [0.15, 0.2) is 131 Å². The van der Waals surface area contributed by atoms with Gasteiger partial charge in [0.15, 0.2) is 0 Å². The summed E-state index contributed by atoms with van der Waals surface area (Å²) in [5.74, 6) is 0.442. The molecule has 5 rings (SSSR count). The van der Waals surface area contributed by atoms with Gasteiger partial charge in [0.2, 0.25) is 0 Å². The van der Waals surface area contributed by atoms with Gasteiger partial charge in [-0.05, 0) is 159 Å². The maximum absolute atomic E-state index is 13.0.